The van der Waals surface area contributed by atoms with Crippen LogP contribution in [-0.2, 0) is 24.0 Å². The number of carbonyl (C=O) groups excluding carboxylic acids is 1. The summed E-state index contributed by atoms with van der Waals surface area (Å²) in [5.74, 6) is 0.0425. The van der Waals surface area contributed by atoms with E-state index in [1.54, 1.807) is 30.7 Å². The van der Waals surface area contributed by atoms with Crippen molar-refractivity contribution in [1.82, 2.24) is 0 Å². The summed E-state index contributed by atoms with van der Waals surface area (Å²) in [7, 11) is -2.35. The Bertz CT molecular complexity index is 654. The monoisotopic (exact) mass is 339 g/mol. The van der Waals surface area contributed by atoms with E-state index in [9.17, 15) is 9.00 Å². The Morgan fingerprint density at radius 3 is 2.52 bits per heavy atom. The molecular formula is C17H25NO4S. The number of rotatable bonds is 4. The summed E-state index contributed by atoms with van der Waals surface area (Å²) in [6.45, 7) is 6.82. The molecule has 128 valence electrons. The quantitative estimate of drug-likeness (QED) is 0.789. The van der Waals surface area contributed by atoms with Crippen LogP contribution in [0.1, 0.15) is 19.8 Å². The van der Waals surface area contributed by atoms with Crippen molar-refractivity contribution in [2.45, 2.75) is 25.3 Å². The summed E-state index contributed by atoms with van der Waals surface area (Å²) in [5, 5.41) is 0. The lowest BCUT2D eigenvalue weighted by Crippen LogP contribution is -2.49. The highest BCUT2D eigenvalue weighted by Crippen LogP contribution is 2.39. The Labute approximate surface area is 138 Å². The zero-order valence-electron chi connectivity index (χ0n) is 14.0. The zero-order chi connectivity index (χ0) is 17.1. The van der Waals surface area contributed by atoms with Gasteiger partial charge >= 0.3 is 0 Å². The zero-order valence-corrected chi connectivity index (χ0v) is 14.9. The average Bonchev–Trinajstić information content (AvgIpc) is 2.48. The maximum atomic E-state index is 13.0. The third-order valence-corrected chi connectivity index (χ3v) is 4.98. The summed E-state index contributed by atoms with van der Waals surface area (Å²) in [6.07, 6.45) is 9.48. The van der Waals surface area contributed by atoms with E-state index in [1.807, 2.05) is 6.92 Å². The van der Waals surface area contributed by atoms with Gasteiger partial charge in [-0.2, -0.15) is 0 Å². The fraction of sp³-hybridized carbons (Fsp3) is 0.588. The van der Waals surface area contributed by atoms with Gasteiger partial charge in [-0.05, 0) is 25.8 Å². The fourth-order valence-corrected chi connectivity index (χ4v) is 4.39. The van der Waals surface area contributed by atoms with E-state index < -0.39 is 21.2 Å². The number of ketones is 1. The molecule has 0 bridgehead atoms. The first-order valence-electron chi connectivity index (χ1n) is 7.75. The molecule has 0 aromatic carbocycles. The van der Waals surface area contributed by atoms with E-state index >= 15 is 0 Å². The number of carbonyl (C=O) groups is 1. The van der Waals surface area contributed by atoms with Gasteiger partial charge in [0.25, 0.3) is 0 Å². The number of ether oxygens (including phenoxy) is 2. The van der Waals surface area contributed by atoms with Gasteiger partial charge in [-0.1, -0.05) is 18.7 Å². The summed E-state index contributed by atoms with van der Waals surface area (Å²) >= 11 is 0. The van der Waals surface area contributed by atoms with Crippen molar-refractivity contribution in [3.63, 3.8) is 0 Å². The van der Waals surface area contributed by atoms with Crippen LogP contribution in [0, 0.1) is 5.92 Å². The topological polar surface area (TPSA) is 65.0 Å². The molecule has 0 radical (unpaired) electrons. The number of Topliss-reactive ketones (excluding diaryl/α,β-unsaturated/α-hetero) is 1. The first-order valence-corrected chi connectivity index (χ1v) is 10.1. The van der Waals surface area contributed by atoms with Gasteiger partial charge in [0, 0.05) is 35.5 Å². The molecule has 2 heterocycles. The van der Waals surface area contributed by atoms with Gasteiger partial charge in [0.1, 0.15) is 12.4 Å². The summed E-state index contributed by atoms with van der Waals surface area (Å²) in [5.41, 5.74) is -0.173. The highest BCUT2D eigenvalue weighted by molar-refractivity contribution is 7.92. The van der Waals surface area contributed by atoms with Crippen LogP contribution in [0.25, 0.3) is 0 Å². The van der Waals surface area contributed by atoms with Crippen LogP contribution >= 0.6 is 0 Å². The smallest absolute Gasteiger partial charge is 0.175 e. The van der Waals surface area contributed by atoms with Gasteiger partial charge in [0.05, 0.1) is 17.0 Å². The predicted molar refractivity (Wildman–Crippen MR) is 91.7 cm³/mol. The molecule has 0 N–H and O–H groups in total. The van der Waals surface area contributed by atoms with Gasteiger partial charge in [0.2, 0.25) is 0 Å². The Balaban J connectivity index is 2.49. The van der Waals surface area contributed by atoms with Crippen LogP contribution in [0.4, 0.5) is 0 Å². The fourth-order valence-electron chi connectivity index (χ4n) is 3.20. The summed E-state index contributed by atoms with van der Waals surface area (Å²) in [4.78, 5) is 13.0. The molecule has 0 aromatic rings. The highest BCUT2D eigenvalue weighted by Gasteiger charge is 2.47. The van der Waals surface area contributed by atoms with Gasteiger partial charge in [-0.15, -0.1) is 0 Å². The van der Waals surface area contributed by atoms with E-state index in [-0.39, 0.29) is 12.4 Å². The first-order chi connectivity index (χ1) is 10.8. The number of nitrogens with zero attached hydrogens (tertiary/aromatic N) is 1. The lowest BCUT2D eigenvalue weighted by Gasteiger charge is -2.41. The van der Waals surface area contributed by atoms with E-state index in [4.69, 9.17) is 9.47 Å². The minimum atomic E-state index is -2.35. The number of hydrogen-bond acceptors (Lipinski definition) is 5. The molecule has 2 aliphatic heterocycles. The van der Waals surface area contributed by atoms with Gasteiger partial charge in [-0.25, -0.2) is 4.36 Å². The van der Waals surface area contributed by atoms with Gasteiger partial charge in [0.15, 0.2) is 5.78 Å². The van der Waals surface area contributed by atoms with Crippen molar-refractivity contribution < 1.29 is 18.5 Å². The molecule has 2 aliphatic rings. The Kier molecular flexibility index (Phi) is 5.47. The highest BCUT2D eigenvalue weighted by atomic mass is 32.2. The second-order valence-corrected chi connectivity index (χ2v) is 8.74. The van der Waals surface area contributed by atoms with Crippen molar-refractivity contribution in [3.8, 4) is 0 Å². The van der Waals surface area contributed by atoms with Crippen molar-refractivity contribution in [1.29, 1.82) is 0 Å². The molecule has 6 heteroatoms. The molecule has 0 aromatic heterocycles. The van der Waals surface area contributed by atoms with E-state index in [1.165, 1.54) is 0 Å². The maximum Gasteiger partial charge on any atom is 0.175 e. The van der Waals surface area contributed by atoms with Crippen LogP contribution in [-0.4, -0.2) is 47.9 Å². The van der Waals surface area contributed by atoms with E-state index in [2.05, 4.69) is 10.9 Å². The van der Waals surface area contributed by atoms with Crippen LogP contribution in [0.3, 0.4) is 0 Å². The normalized spacial score (nSPS) is 25.3. The number of hydrogen-bond donors (Lipinski definition) is 0. The van der Waals surface area contributed by atoms with Crippen molar-refractivity contribution in [3.05, 3.63) is 36.1 Å². The van der Waals surface area contributed by atoms with Crippen molar-refractivity contribution in [2.75, 3.05) is 32.3 Å². The second kappa shape index (κ2) is 7.01. The first kappa shape index (κ1) is 17.9. The van der Waals surface area contributed by atoms with Crippen LogP contribution in [0.5, 0.6) is 0 Å². The average molecular weight is 339 g/mol. The van der Waals surface area contributed by atoms with Crippen LogP contribution in [0.15, 0.2) is 40.5 Å². The maximum absolute atomic E-state index is 13.0. The molecule has 0 aliphatic carbocycles. The SMILES string of the molecule is C=CC1=C(/C=C\C)C(=O)C(C2(N=S(C)(C)=O)CCOCC2)CO1. The molecule has 0 spiro atoms. The standard InChI is InChI=1S/C17H25NO4S/c1-5-7-13-15(6-2)22-12-14(16(13)19)17(18-23(3,4)20)8-10-21-11-9-17/h5-7,14H,2,8-12H2,1,3-4H3/b7-5-. The van der Waals surface area contributed by atoms with Crippen molar-refractivity contribution in [2.24, 2.45) is 10.3 Å². The Hall–Kier alpha value is -1.40. The van der Waals surface area contributed by atoms with Crippen LogP contribution < -0.4 is 0 Å². The molecule has 1 atom stereocenters. The molecular weight excluding hydrogens is 314 g/mol. The summed E-state index contributed by atoms with van der Waals surface area (Å²) < 4.78 is 28.1. The molecule has 0 amide bonds. The number of allylic oxidation sites excluding steroid dienone is 4. The van der Waals surface area contributed by atoms with E-state index in [0.717, 1.165) is 0 Å². The third-order valence-electron chi connectivity index (χ3n) is 4.18. The van der Waals surface area contributed by atoms with Gasteiger partial charge < -0.3 is 9.47 Å². The molecule has 1 unspecified atom stereocenters. The largest absolute Gasteiger partial charge is 0.492 e. The predicted octanol–water partition coefficient (Wildman–Crippen LogP) is 2.49. The molecule has 1 fully saturated rings. The molecule has 23 heavy (non-hydrogen) atoms. The molecule has 1 saturated heterocycles. The van der Waals surface area contributed by atoms with Gasteiger partial charge in [-0.3, -0.25) is 9.00 Å². The molecule has 5 nitrogen and oxygen atoms in total. The molecule has 0 saturated carbocycles. The molecule has 2 rings (SSSR count). The lowest BCUT2D eigenvalue weighted by atomic mass is 9.74. The minimum Gasteiger partial charge on any atom is -0.492 e. The van der Waals surface area contributed by atoms with Crippen molar-refractivity contribution >= 4 is 15.5 Å². The Morgan fingerprint density at radius 2 is 2.00 bits per heavy atom. The Morgan fingerprint density at radius 1 is 1.35 bits per heavy atom. The summed E-state index contributed by atoms with van der Waals surface area (Å²) in [6, 6.07) is 0. The van der Waals surface area contributed by atoms with Crippen LogP contribution in [0.2, 0.25) is 0 Å². The lowest BCUT2D eigenvalue weighted by molar-refractivity contribution is -0.126. The van der Waals surface area contributed by atoms with E-state index in [0.29, 0.717) is 37.4 Å². The third kappa shape index (κ3) is 3.93. The minimum absolute atomic E-state index is 0.0152. The second-order valence-electron chi connectivity index (χ2n) is 6.20.